The molecule has 0 aliphatic carbocycles. The smallest absolute Gasteiger partial charge is 0.320 e. The van der Waals surface area contributed by atoms with Gasteiger partial charge in [-0.15, -0.1) is 24.7 Å². The van der Waals surface area contributed by atoms with Gasteiger partial charge in [-0.2, -0.15) is 0 Å². The lowest BCUT2D eigenvalue weighted by atomic mass is 10.3. The normalized spacial score (nSPS) is 7.70. The molecule has 0 rings (SSSR count). The Balaban J connectivity index is 3.75. The Morgan fingerprint density at radius 3 is 1.50 bits per heavy atom. The van der Waals surface area contributed by atoms with E-state index in [2.05, 4.69) is 45.4 Å². The van der Waals surface area contributed by atoms with Gasteiger partial charge in [-0.1, -0.05) is 11.8 Å². The summed E-state index contributed by atoms with van der Waals surface area (Å²) < 4.78 is 9.12. The predicted molar refractivity (Wildman–Crippen MR) is 73.1 cm³/mol. The Labute approximate surface area is 119 Å². The predicted octanol–water partition coefficient (Wildman–Crippen LogP) is 1.60. The number of terminal acetylenes is 2. The first-order chi connectivity index (χ1) is 9.70. The Kier molecular flexibility index (Phi) is 10.9. The molecule has 0 bridgehead atoms. The molecule has 0 unspecified atom stereocenters. The van der Waals surface area contributed by atoms with Crippen molar-refractivity contribution in [1.29, 1.82) is 0 Å². The number of unbranched alkanes of at least 4 members (excludes halogenated alkanes) is 2. The summed E-state index contributed by atoms with van der Waals surface area (Å²) >= 11 is 0. The minimum Gasteiger partial charge on any atom is -0.372 e. The van der Waals surface area contributed by atoms with Gasteiger partial charge in [0.2, 0.25) is 0 Å². The average Bonchev–Trinajstić information content (AvgIpc) is 2.44. The second-order valence-corrected chi connectivity index (χ2v) is 3.41. The van der Waals surface area contributed by atoms with Gasteiger partial charge in [0.25, 0.3) is 0 Å². The van der Waals surface area contributed by atoms with Crippen LogP contribution in [0.4, 0.5) is 0 Å². The number of carbonyl (C=O) groups excluding carboxylic acids is 2. The fraction of sp³-hybridized carbons (Fsp3) is 0.375. The van der Waals surface area contributed by atoms with Crippen LogP contribution in [0.5, 0.6) is 0 Å². The molecule has 4 heteroatoms. The number of rotatable bonds is 5. The summed E-state index contributed by atoms with van der Waals surface area (Å²) in [6.45, 7) is 0. The Morgan fingerprint density at radius 1 is 0.750 bits per heavy atom. The maximum absolute atomic E-state index is 11.2. The fourth-order valence-corrected chi connectivity index (χ4v) is 0.864. The maximum atomic E-state index is 11.2. The van der Waals surface area contributed by atoms with Crippen LogP contribution in [0.1, 0.15) is 38.5 Å². The second kappa shape index (κ2) is 12.6. The van der Waals surface area contributed by atoms with Gasteiger partial charge >= 0.3 is 11.9 Å². The zero-order chi connectivity index (χ0) is 15.1. The van der Waals surface area contributed by atoms with Crippen molar-refractivity contribution >= 4 is 11.9 Å². The van der Waals surface area contributed by atoms with Crippen LogP contribution in [0, 0.1) is 48.7 Å². The van der Waals surface area contributed by atoms with Gasteiger partial charge in [0.1, 0.15) is 12.2 Å². The van der Waals surface area contributed by atoms with E-state index in [4.69, 9.17) is 12.8 Å². The molecule has 4 nitrogen and oxygen atoms in total. The highest BCUT2D eigenvalue weighted by Gasteiger charge is 2.07. The summed E-state index contributed by atoms with van der Waals surface area (Å²) in [6, 6.07) is 0. The van der Waals surface area contributed by atoms with Crippen molar-refractivity contribution < 1.29 is 19.1 Å². The summed E-state index contributed by atoms with van der Waals surface area (Å²) in [6.07, 6.45) is 16.1. The molecule has 0 spiro atoms. The third-order valence-corrected chi connectivity index (χ3v) is 1.80. The second-order valence-electron chi connectivity index (χ2n) is 3.41. The summed E-state index contributed by atoms with van der Waals surface area (Å²) in [7, 11) is 0. The van der Waals surface area contributed by atoms with E-state index < -0.39 is 11.9 Å². The molecule has 0 aromatic heterocycles. The number of hydrogen-bond donors (Lipinski definition) is 0. The maximum Gasteiger partial charge on any atom is 0.320 e. The molecule has 0 saturated carbocycles. The van der Waals surface area contributed by atoms with Crippen molar-refractivity contribution in [2.24, 2.45) is 0 Å². The lowest BCUT2D eigenvalue weighted by molar-refractivity contribution is -0.143. The highest BCUT2D eigenvalue weighted by Crippen LogP contribution is 1.95. The summed E-state index contributed by atoms with van der Waals surface area (Å²) in [5.41, 5.74) is 0. The topological polar surface area (TPSA) is 52.6 Å². The monoisotopic (exact) mass is 270 g/mol. The largest absolute Gasteiger partial charge is 0.372 e. The molecule has 0 radical (unpaired) electrons. The van der Waals surface area contributed by atoms with Crippen molar-refractivity contribution in [3.63, 3.8) is 0 Å². The first-order valence-corrected chi connectivity index (χ1v) is 5.92. The molecule has 0 saturated heterocycles. The number of ether oxygens (including phenoxy) is 2. The molecular formula is C16H14O4. The van der Waals surface area contributed by atoms with E-state index in [1.165, 1.54) is 0 Å². The zero-order valence-electron chi connectivity index (χ0n) is 11.0. The van der Waals surface area contributed by atoms with Crippen molar-refractivity contribution in [3.8, 4) is 48.7 Å². The van der Waals surface area contributed by atoms with E-state index in [-0.39, 0.29) is 12.8 Å². The fourth-order valence-electron chi connectivity index (χ4n) is 0.864. The van der Waals surface area contributed by atoms with E-state index in [9.17, 15) is 9.59 Å². The van der Waals surface area contributed by atoms with Gasteiger partial charge in [0.05, 0.1) is 12.8 Å². The summed E-state index contributed by atoms with van der Waals surface area (Å²) in [5, 5.41) is 0. The molecule has 0 heterocycles. The molecular weight excluding hydrogens is 256 g/mol. The summed E-state index contributed by atoms with van der Waals surface area (Å²) in [5.74, 6) is 8.73. The van der Waals surface area contributed by atoms with Gasteiger partial charge in [0, 0.05) is 25.7 Å². The van der Waals surface area contributed by atoms with Crippen LogP contribution < -0.4 is 0 Å². The van der Waals surface area contributed by atoms with Crippen molar-refractivity contribution in [1.82, 2.24) is 0 Å². The van der Waals surface area contributed by atoms with Crippen molar-refractivity contribution in [2.45, 2.75) is 38.5 Å². The van der Waals surface area contributed by atoms with Crippen LogP contribution in [-0.2, 0) is 19.1 Å². The molecule has 0 atom stereocenters. The molecule has 0 amide bonds. The number of esters is 2. The SMILES string of the molecule is C#CCCC#COC(=O)CCC(=O)OC#CCCC#C. The quantitative estimate of drug-likeness (QED) is 0.432. The van der Waals surface area contributed by atoms with Crippen LogP contribution in [-0.4, -0.2) is 11.9 Å². The Hall–Kier alpha value is -2.82. The molecule has 0 aromatic rings. The van der Waals surface area contributed by atoms with E-state index in [0.29, 0.717) is 25.7 Å². The number of hydrogen-bond acceptors (Lipinski definition) is 4. The van der Waals surface area contributed by atoms with Crippen LogP contribution in [0.2, 0.25) is 0 Å². The molecule has 0 aliphatic rings. The Bertz CT molecular complexity index is 473. The van der Waals surface area contributed by atoms with Crippen LogP contribution in [0.25, 0.3) is 0 Å². The molecule has 0 fully saturated rings. The minimum atomic E-state index is -0.601. The Morgan fingerprint density at radius 2 is 1.15 bits per heavy atom. The lowest BCUT2D eigenvalue weighted by Crippen LogP contribution is -2.06. The van der Waals surface area contributed by atoms with Gasteiger partial charge in [-0.05, 0) is 0 Å². The first kappa shape index (κ1) is 17.2. The third kappa shape index (κ3) is 11.7. The van der Waals surface area contributed by atoms with Gasteiger partial charge in [-0.3, -0.25) is 9.59 Å². The molecule has 0 aliphatic heterocycles. The third-order valence-electron chi connectivity index (χ3n) is 1.80. The molecule has 102 valence electrons. The first-order valence-electron chi connectivity index (χ1n) is 5.92. The van der Waals surface area contributed by atoms with Gasteiger partial charge in [0.15, 0.2) is 0 Å². The van der Waals surface area contributed by atoms with Gasteiger partial charge in [-0.25, -0.2) is 0 Å². The van der Waals surface area contributed by atoms with Crippen LogP contribution in [0.15, 0.2) is 0 Å². The summed E-state index contributed by atoms with van der Waals surface area (Å²) in [4.78, 5) is 22.3. The standard InChI is InChI=1S/C16H14O4/c1-3-5-7-9-13-19-15(17)11-12-16(18)20-14-10-8-6-4-2/h1-2H,5-8,11-12H2. The van der Waals surface area contributed by atoms with E-state index in [0.717, 1.165) is 0 Å². The van der Waals surface area contributed by atoms with Crippen molar-refractivity contribution in [3.05, 3.63) is 0 Å². The average molecular weight is 270 g/mol. The zero-order valence-corrected chi connectivity index (χ0v) is 11.0. The van der Waals surface area contributed by atoms with E-state index in [1.807, 2.05) is 0 Å². The lowest BCUT2D eigenvalue weighted by Gasteiger charge is -1.95. The van der Waals surface area contributed by atoms with Crippen LogP contribution >= 0.6 is 0 Å². The molecule has 0 N–H and O–H groups in total. The van der Waals surface area contributed by atoms with Gasteiger partial charge < -0.3 is 9.47 Å². The van der Waals surface area contributed by atoms with E-state index >= 15 is 0 Å². The minimum absolute atomic E-state index is 0.116. The number of carbonyl (C=O) groups is 2. The highest BCUT2D eigenvalue weighted by molar-refractivity contribution is 5.78. The highest BCUT2D eigenvalue weighted by atomic mass is 16.5. The van der Waals surface area contributed by atoms with Crippen molar-refractivity contribution in [2.75, 3.05) is 0 Å². The van der Waals surface area contributed by atoms with E-state index in [1.54, 1.807) is 0 Å². The molecule has 0 aromatic carbocycles. The van der Waals surface area contributed by atoms with Crippen LogP contribution in [0.3, 0.4) is 0 Å². The molecule has 20 heavy (non-hydrogen) atoms.